The van der Waals surface area contributed by atoms with Gasteiger partial charge in [0, 0.05) is 6.42 Å². The molecule has 0 N–H and O–H groups in total. The number of hydrogen-bond acceptors (Lipinski definition) is 1. The highest BCUT2D eigenvalue weighted by atomic mass is 19.4. The first-order chi connectivity index (χ1) is 5.74. The normalized spacial score (nSPS) is 14.5. The third-order valence-corrected chi connectivity index (χ3v) is 1.26. The van der Waals surface area contributed by atoms with Gasteiger partial charge < -0.3 is 4.74 Å². The highest BCUT2D eigenvalue weighted by Crippen LogP contribution is 2.38. The van der Waals surface area contributed by atoms with E-state index < -0.39 is 12.3 Å². The predicted molar refractivity (Wildman–Crippen MR) is 36.1 cm³/mol. The third-order valence-electron chi connectivity index (χ3n) is 1.26. The molecule has 0 heterocycles. The van der Waals surface area contributed by atoms with Crippen molar-refractivity contribution in [2.75, 3.05) is 0 Å². The van der Waals surface area contributed by atoms with E-state index in [1.54, 1.807) is 0 Å². The summed E-state index contributed by atoms with van der Waals surface area (Å²) in [4.78, 5) is 0. The Morgan fingerprint density at radius 1 is 1.23 bits per heavy atom. The van der Waals surface area contributed by atoms with Crippen LogP contribution in [-0.2, 0) is 4.74 Å². The minimum absolute atomic E-state index is 0.0117. The minimum Gasteiger partial charge on any atom is -0.431 e. The van der Waals surface area contributed by atoms with Gasteiger partial charge >= 0.3 is 12.3 Å². The Hall–Kier alpha value is -0.810. The second-order valence-corrected chi connectivity index (χ2v) is 2.23. The molecule has 0 saturated carbocycles. The van der Waals surface area contributed by atoms with Crippen LogP contribution in [0.15, 0.2) is 11.8 Å². The molecule has 0 radical (unpaired) electrons. The van der Waals surface area contributed by atoms with Gasteiger partial charge in [-0.25, -0.2) is 0 Å². The smallest absolute Gasteiger partial charge is 0.431 e. The van der Waals surface area contributed by atoms with Crippen LogP contribution in [0, 0.1) is 0 Å². The zero-order chi connectivity index (χ0) is 10.7. The SMILES string of the molecule is C/C=C(\CC)OC(F)(F)C(F)(F)F. The number of halogens is 5. The molecule has 0 bridgehead atoms. The molecule has 0 fully saturated rings. The maximum absolute atomic E-state index is 12.2. The third kappa shape index (κ3) is 3.20. The summed E-state index contributed by atoms with van der Waals surface area (Å²) in [5.74, 6) is -0.387. The first-order valence-electron chi connectivity index (χ1n) is 3.53. The molecule has 0 saturated heterocycles. The van der Waals surface area contributed by atoms with Crippen LogP contribution in [0.1, 0.15) is 20.3 Å². The van der Waals surface area contributed by atoms with Crippen molar-refractivity contribution in [1.29, 1.82) is 0 Å². The molecule has 0 aromatic rings. The molecule has 0 spiro atoms. The van der Waals surface area contributed by atoms with Crippen LogP contribution in [0.2, 0.25) is 0 Å². The van der Waals surface area contributed by atoms with Gasteiger partial charge in [-0.05, 0) is 13.0 Å². The number of allylic oxidation sites excluding steroid dienone is 2. The lowest BCUT2D eigenvalue weighted by Crippen LogP contribution is -2.38. The van der Waals surface area contributed by atoms with E-state index in [2.05, 4.69) is 4.74 Å². The van der Waals surface area contributed by atoms with Crippen molar-refractivity contribution in [1.82, 2.24) is 0 Å². The summed E-state index contributed by atoms with van der Waals surface area (Å²) < 4.78 is 62.5. The van der Waals surface area contributed by atoms with Crippen LogP contribution in [-0.4, -0.2) is 12.3 Å². The standard InChI is InChI=1S/C7H9F5O/c1-3-5(4-2)13-7(11,12)6(8,9)10/h3H,4H2,1-2H3/b5-3+. The molecule has 0 amide bonds. The van der Waals surface area contributed by atoms with E-state index in [0.29, 0.717) is 0 Å². The zero-order valence-corrected chi connectivity index (χ0v) is 7.08. The van der Waals surface area contributed by atoms with Gasteiger partial charge in [0.05, 0.1) is 5.76 Å². The highest BCUT2D eigenvalue weighted by Gasteiger charge is 2.61. The van der Waals surface area contributed by atoms with Crippen molar-refractivity contribution in [2.45, 2.75) is 32.6 Å². The molecule has 0 aliphatic heterocycles. The lowest BCUT2D eigenvalue weighted by atomic mass is 10.4. The van der Waals surface area contributed by atoms with Crippen molar-refractivity contribution in [3.8, 4) is 0 Å². The number of hydrogen-bond donors (Lipinski definition) is 0. The quantitative estimate of drug-likeness (QED) is 0.505. The summed E-state index contributed by atoms with van der Waals surface area (Å²) in [6.07, 6.45) is -9.72. The summed E-state index contributed by atoms with van der Waals surface area (Å²) in [5.41, 5.74) is 0. The van der Waals surface area contributed by atoms with Gasteiger partial charge in [0.15, 0.2) is 0 Å². The van der Waals surface area contributed by atoms with Crippen LogP contribution >= 0.6 is 0 Å². The fourth-order valence-corrected chi connectivity index (χ4v) is 0.558. The van der Waals surface area contributed by atoms with Gasteiger partial charge in [0.1, 0.15) is 0 Å². The molecule has 0 rings (SSSR count). The van der Waals surface area contributed by atoms with E-state index >= 15 is 0 Å². The lowest BCUT2D eigenvalue weighted by Gasteiger charge is -2.21. The Balaban J connectivity index is 4.51. The van der Waals surface area contributed by atoms with E-state index in [-0.39, 0.29) is 12.2 Å². The molecule has 13 heavy (non-hydrogen) atoms. The Morgan fingerprint density at radius 2 is 1.69 bits per heavy atom. The van der Waals surface area contributed by atoms with Crippen LogP contribution in [0.4, 0.5) is 22.0 Å². The molecule has 78 valence electrons. The molecule has 0 unspecified atom stereocenters. The molecule has 1 nitrogen and oxygen atoms in total. The molecule has 0 aliphatic carbocycles. The summed E-state index contributed by atoms with van der Waals surface area (Å²) in [6, 6.07) is 0. The summed E-state index contributed by atoms with van der Waals surface area (Å²) in [5, 5.41) is 0. The van der Waals surface area contributed by atoms with E-state index in [9.17, 15) is 22.0 Å². The molecule has 0 aromatic heterocycles. The Labute approximate surface area is 72.2 Å². The average Bonchev–Trinajstić information content (AvgIpc) is 1.98. The monoisotopic (exact) mass is 204 g/mol. The predicted octanol–water partition coefficient (Wildman–Crippen LogP) is 3.47. The molecule has 6 heteroatoms. The Kier molecular flexibility index (Phi) is 3.69. The molecule has 0 aromatic carbocycles. The van der Waals surface area contributed by atoms with Crippen LogP contribution in [0.25, 0.3) is 0 Å². The van der Waals surface area contributed by atoms with Crippen LogP contribution in [0.5, 0.6) is 0 Å². The maximum Gasteiger partial charge on any atom is 0.498 e. The van der Waals surface area contributed by atoms with Gasteiger partial charge in [-0.3, -0.25) is 0 Å². The topological polar surface area (TPSA) is 9.23 Å². The fourth-order valence-electron chi connectivity index (χ4n) is 0.558. The minimum atomic E-state index is -5.67. The first-order valence-corrected chi connectivity index (χ1v) is 3.53. The van der Waals surface area contributed by atoms with Gasteiger partial charge in [-0.1, -0.05) is 6.92 Å². The summed E-state index contributed by atoms with van der Waals surface area (Å²) in [6.45, 7) is 2.74. The van der Waals surface area contributed by atoms with Crippen molar-refractivity contribution in [3.63, 3.8) is 0 Å². The van der Waals surface area contributed by atoms with Gasteiger partial charge in [0.25, 0.3) is 0 Å². The largest absolute Gasteiger partial charge is 0.498 e. The van der Waals surface area contributed by atoms with E-state index in [1.165, 1.54) is 13.8 Å². The highest BCUT2D eigenvalue weighted by molar-refractivity contribution is 4.91. The summed E-state index contributed by atoms with van der Waals surface area (Å²) in [7, 11) is 0. The first kappa shape index (κ1) is 12.2. The molecule has 0 aliphatic rings. The maximum atomic E-state index is 12.2. The van der Waals surface area contributed by atoms with Crippen LogP contribution in [0.3, 0.4) is 0 Å². The Morgan fingerprint density at radius 3 is 1.92 bits per heavy atom. The molecular formula is C7H9F5O. The van der Waals surface area contributed by atoms with E-state index in [1.807, 2.05) is 0 Å². The van der Waals surface area contributed by atoms with Crippen molar-refractivity contribution >= 4 is 0 Å². The van der Waals surface area contributed by atoms with E-state index in [4.69, 9.17) is 0 Å². The molecule has 0 atom stereocenters. The van der Waals surface area contributed by atoms with Crippen molar-refractivity contribution in [3.05, 3.63) is 11.8 Å². The van der Waals surface area contributed by atoms with Gasteiger partial charge in [-0.2, -0.15) is 22.0 Å². The average molecular weight is 204 g/mol. The lowest BCUT2D eigenvalue weighted by molar-refractivity contribution is -0.380. The fraction of sp³-hybridized carbons (Fsp3) is 0.714. The van der Waals surface area contributed by atoms with Crippen molar-refractivity contribution < 1.29 is 26.7 Å². The second-order valence-electron chi connectivity index (χ2n) is 2.23. The van der Waals surface area contributed by atoms with Gasteiger partial charge in [0.2, 0.25) is 0 Å². The second kappa shape index (κ2) is 3.93. The summed E-state index contributed by atoms with van der Waals surface area (Å²) >= 11 is 0. The van der Waals surface area contributed by atoms with Crippen molar-refractivity contribution in [2.24, 2.45) is 0 Å². The molecular weight excluding hydrogens is 195 g/mol. The number of rotatable bonds is 3. The van der Waals surface area contributed by atoms with Gasteiger partial charge in [-0.15, -0.1) is 0 Å². The van der Waals surface area contributed by atoms with E-state index in [0.717, 1.165) is 6.08 Å². The zero-order valence-electron chi connectivity index (χ0n) is 7.08. The van der Waals surface area contributed by atoms with Crippen LogP contribution < -0.4 is 0 Å². The Bertz CT molecular complexity index is 194. The number of alkyl halides is 5. The number of ether oxygens (including phenoxy) is 1.